The summed E-state index contributed by atoms with van der Waals surface area (Å²) in [5, 5.41) is 15.2. The van der Waals surface area contributed by atoms with Crippen LogP contribution in [0.3, 0.4) is 0 Å². The third-order valence-corrected chi connectivity index (χ3v) is 4.97. The zero-order valence-corrected chi connectivity index (χ0v) is 18.5. The van der Waals surface area contributed by atoms with Gasteiger partial charge in [0.25, 0.3) is 11.6 Å². The number of hydrogen-bond acceptors (Lipinski definition) is 7. The number of amides is 1. The minimum atomic E-state index is -0.494. The zero-order chi connectivity index (χ0) is 24.0. The van der Waals surface area contributed by atoms with Crippen LogP contribution >= 0.6 is 0 Å². The predicted octanol–water partition coefficient (Wildman–Crippen LogP) is 3.58. The lowest BCUT2D eigenvalue weighted by atomic mass is 10.1. The number of benzene rings is 2. The second-order valence-electron chi connectivity index (χ2n) is 7.03. The molecule has 0 bridgehead atoms. The van der Waals surface area contributed by atoms with E-state index in [0.717, 1.165) is 11.2 Å². The average Bonchev–Trinajstić information content (AvgIpc) is 3.08. The molecule has 10 nitrogen and oxygen atoms in total. The van der Waals surface area contributed by atoms with Gasteiger partial charge in [-0.3, -0.25) is 14.9 Å². The molecule has 0 atom stereocenters. The molecule has 0 aliphatic heterocycles. The van der Waals surface area contributed by atoms with Crippen LogP contribution < -0.4 is 10.2 Å². The van der Waals surface area contributed by atoms with Crippen molar-refractivity contribution in [2.75, 3.05) is 13.2 Å². The molecule has 0 fully saturated rings. The smallest absolute Gasteiger partial charge is 0.340 e. The number of nitrogens with zero attached hydrogens (tertiary/aromatic N) is 3. The summed E-state index contributed by atoms with van der Waals surface area (Å²) in [7, 11) is 0. The van der Waals surface area contributed by atoms with Crippen LogP contribution in [0.4, 0.5) is 5.69 Å². The van der Waals surface area contributed by atoms with Crippen molar-refractivity contribution >= 4 is 34.7 Å². The van der Waals surface area contributed by atoms with Crippen molar-refractivity contribution in [3.05, 3.63) is 69.4 Å². The molecule has 1 amide bonds. The Morgan fingerprint density at radius 3 is 2.55 bits per heavy atom. The lowest BCUT2D eigenvalue weighted by Crippen LogP contribution is -2.24. The van der Waals surface area contributed by atoms with Crippen molar-refractivity contribution in [3.8, 4) is 5.75 Å². The largest absolute Gasteiger partial charge is 0.484 e. The molecule has 1 aromatic heterocycles. The minimum Gasteiger partial charge on any atom is -0.484 e. The van der Waals surface area contributed by atoms with Gasteiger partial charge in [0, 0.05) is 35.3 Å². The van der Waals surface area contributed by atoms with E-state index in [9.17, 15) is 19.7 Å². The molecule has 0 radical (unpaired) electrons. The van der Waals surface area contributed by atoms with Crippen LogP contribution in [0.5, 0.6) is 5.75 Å². The maximum absolute atomic E-state index is 12.5. The number of hydrogen-bond donors (Lipinski definition) is 1. The Bertz CT molecular complexity index is 1210. The van der Waals surface area contributed by atoms with E-state index in [-0.39, 0.29) is 18.9 Å². The van der Waals surface area contributed by atoms with Crippen molar-refractivity contribution in [3.63, 3.8) is 0 Å². The van der Waals surface area contributed by atoms with E-state index in [1.165, 1.54) is 30.5 Å². The lowest BCUT2D eigenvalue weighted by Gasteiger charge is -2.07. The standard InChI is InChI=1S/C23H24N4O6/c1-4-26-15(3)22(23(29)32-5-2)19-12-18(10-11-20(19)26)33-14-21(28)25-24-13-16-6-8-17(9-7-16)27(30)31/h6-13H,4-5,14H2,1-3H3,(H,25,28)/b24-13-. The summed E-state index contributed by atoms with van der Waals surface area (Å²) in [5.41, 5.74) is 5.07. The Balaban J connectivity index is 1.66. The highest BCUT2D eigenvalue weighted by Crippen LogP contribution is 2.30. The normalized spacial score (nSPS) is 11.0. The number of nitro benzene ring substituents is 1. The van der Waals surface area contributed by atoms with E-state index < -0.39 is 16.8 Å². The summed E-state index contributed by atoms with van der Waals surface area (Å²) >= 11 is 0. The maximum atomic E-state index is 12.5. The van der Waals surface area contributed by atoms with Crippen LogP contribution in [0.2, 0.25) is 0 Å². The van der Waals surface area contributed by atoms with Crippen LogP contribution in [0.15, 0.2) is 47.6 Å². The van der Waals surface area contributed by atoms with E-state index in [2.05, 4.69) is 10.5 Å². The van der Waals surface area contributed by atoms with Crippen molar-refractivity contribution in [2.45, 2.75) is 27.3 Å². The number of ether oxygens (including phenoxy) is 2. The summed E-state index contributed by atoms with van der Waals surface area (Å²) < 4.78 is 12.8. The Hall–Kier alpha value is -4.21. The minimum absolute atomic E-state index is 0.0304. The third kappa shape index (κ3) is 5.35. The van der Waals surface area contributed by atoms with Gasteiger partial charge in [0.2, 0.25) is 0 Å². The summed E-state index contributed by atoms with van der Waals surface area (Å²) in [6.07, 6.45) is 1.37. The van der Waals surface area contributed by atoms with Crippen molar-refractivity contribution in [1.82, 2.24) is 9.99 Å². The molecule has 1 N–H and O–H groups in total. The molecule has 10 heteroatoms. The van der Waals surface area contributed by atoms with E-state index in [0.29, 0.717) is 28.8 Å². The van der Waals surface area contributed by atoms with E-state index >= 15 is 0 Å². The average molecular weight is 452 g/mol. The van der Waals surface area contributed by atoms with Crippen molar-refractivity contribution in [1.29, 1.82) is 0 Å². The van der Waals surface area contributed by atoms with Crippen molar-refractivity contribution in [2.24, 2.45) is 5.10 Å². The number of fused-ring (bicyclic) bond motifs is 1. The maximum Gasteiger partial charge on any atom is 0.340 e. The van der Waals surface area contributed by atoms with E-state index in [1.54, 1.807) is 19.1 Å². The molecular formula is C23H24N4O6. The van der Waals surface area contributed by atoms with Gasteiger partial charge in [0.05, 0.1) is 23.3 Å². The second kappa shape index (κ2) is 10.4. The number of nitro groups is 1. The van der Waals surface area contributed by atoms with Gasteiger partial charge in [-0.25, -0.2) is 10.2 Å². The van der Waals surface area contributed by atoms with Crippen LogP contribution in [0.1, 0.15) is 35.5 Å². The van der Waals surface area contributed by atoms with Gasteiger partial charge in [0.15, 0.2) is 6.61 Å². The first kappa shape index (κ1) is 23.5. The molecule has 3 rings (SSSR count). The van der Waals surface area contributed by atoms with Gasteiger partial charge >= 0.3 is 5.97 Å². The van der Waals surface area contributed by atoms with Gasteiger partial charge < -0.3 is 14.0 Å². The number of esters is 1. The SMILES string of the molecule is CCOC(=O)c1c(C)n(CC)c2ccc(OCC(=O)N/N=C\c3ccc([N+](=O)[O-])cc3)cc12. The molecule has 0 aliphatic rings. The van der Waals surface area contributed by atoms with Crippen LogP contribution in [0.25, 0.3) is 10.9 Å². The van der Waals surface area contributed by atoms with E-state index in [4.69, 9.17) is 9.47 Å². The number of carbonyl (C=O) groups excluding carboxylic acids is 2. The molecular weight excluding hydrogens is 428 g/mol. The van der Waals surface area contributed by atoms with Gasteiger partial charge in [0.1, 0.15) is 5.75 Å². The van der Waals surface area contributed by atoms with Gasteiger partial charge in [-0.2, -0.15) is 5.10 Å². The first-order valence-electron chi connectivity index (χ1n) is 10.3. The lowest BCUT2D eigenvalue weighted by molar-refractivity contribution is -0.384. The fourth-order valence-electron chi connectivity index (χ4n) is 3.46. The van der Waals surface area contributed by atoms with Gasteiger partial charge in [-0.1, -0.05) is 0 Å². The second-order valence-corrected chi connectivity index (χ2v) is 7.03. The topological polar surface area (TPSA) is 125 Å². The molecule has 3 aromatic rings. The molecule has 1 heterocycles. The highest BCUT2D eigenvalue weighted by molar-refractivity contribution is 6.06. The molecule has 2 aromatic carbocycles. The molecule has 0 unspecified atom stereocenters. The number of aryl methyl sites for hydroxylation is 1. The Morgan fingerprint density at radius 1 is 1.18 bits per heavy atom. The predicted molar refractivity (Wildman–Crippen MR) is 123 cm³/mol. The number of aromatic nitrogens is 1. The highest BCUT2D eigenvalue weighted by Gasteiger charge is 2.21. The van der Waals surface area contributed by atoms with Gasteiger partial charge in [-0.15, -0.1) is 0 Å². The molecule has 0 aliphatic carbocycles. The number of nitrogens with one attached hydrogen (secondary N) is 1. The Kier molecular flexibility index (Phi) is 7.39. The number of rotatable bonds is 9. The number of hydrazone groups is 1. The highest BCUT2D eigenvalue weighted by atomic mass is 16.6. The first-order chi connectivity index (χ1) is 15.8. The summed E-state index contributed by atoms with van der Waals surface area (Å²) in [6.45, 7) is 6.29. The third-order valence-electron chi connectivity index (χ3n) is 4.97. The van der Waals surface area contributed by atoms with Crippen LogP contribution in [-0.4, -0.2) is 40.8 Å². The number of carbonyl (C=O) groups is 2. The molecule has 0 saturated carbocycles. The Labute approximate surface area is 189 Å². The Morgan fingerprint density at radius 2 is 1.91 bits per heavy atom. The van der Waals surface area contributed by atoms with Crippen LogP contribution in [-0.2, 0) is 16.1 Å². The zero-order valence-electron chi connectivity index (χ0n) is 18.5. The summed E-state index contributed by atoms with van der Waals surface area (Å²) in [4.78, 5) is 34.7. The fourth-order valence-corrected chi connectivity index (χ4v) is 3.46. The quantitative estimate of drug-likeness (QED) is 0.229. The first-order valence-corrected chi connectivity index (χ1v) is 10.3. The monoisotopic (exact) mass is 452 g/mol. The molecule has 172 valence electrons. The van der Waals surface area contributed by atoms with Crippen LogP contribution in [0, 0.1) is 17.0 Å². The molecule has 33 heavy (non-hydrogen) atoms. The number of non-ortho nitro benzene ring substituents is 1. The van der Waals surface area contributed by atoms with Gasteiger partial charge in [-0.05, 0) is 56.7 Å². The molecule has 0 spiro atoms. The molecule has 0 saturated heterocycles. The van der Waals surface area contributed by atoms with Crippen molar-refractivity contribution < 1.29 is 24.0 Å². The van der Waals surface area contributed by atoms with E-state index in [1.807, 2.05) is 24.5 Å². The summed E-state index contributed by atoms with van der Waals surface area (Å²) in [5.74, 6) is -0.459. The fraction of sp³-hybridized carbons (Fsp3) is 0.261. The summed E-state index contributed by atoms with van der Waals surface area (Å²) in [6, 6.07) is 11.0.